The van der Waals surface area contributed by atoms with Crippen LogP contribution in [0.15, 0.2) is 47.4 Å². The molecule has 5 nitrogen and oxygen atoms in total. The number of hydrogen-bond acceptors (Lipinski definition) is 5. The Bertz CT molecular complexity index is 853. The fourth-order valence-corrected chi connectivity index (χ4v) is 3.39. The molecular weight excluding hydrogens is 328 g/mol. The van der Waals surface area contributed by atoms with Crippen LogP contribution >= 0.6 is 0 Å². The fourth-order valence-electron chi connectivity index (χ4n) is 2.21. The average molecular weight is 348 g/mol. The molecule has 0 N–H and O–H groups in total. The first-order chi connectivity index (χ1) is 11.2. The van der Waals surface area contributed by atoms with Crippen molar-refractivity contribution < 1.29 is 22.1 Å². The van der Waals surface area contributed by atoms with Crippen LogP contribution in [0.4, 0.5) is 0 Å². The molecule has 0 aliphatic rings. The van der Waals surface area contributed by atoms with Gasteiger partial charge in [0.1, 0.15) is 10.6 Å². The van der Waals surface area contributed by atoms with Gasteiger partial charge in [-0.2, -0.15) is 8.42 Å². The Hall–Kier alpha value is -2.34. The van der Waals surface area contributed by atoms with E-state index in [0.29, 0.717) is 5.56 Å². The molecule has 0 heterocycles. The van der Waals surface area contributed by atoms with E-state index in [1.807, 2.05) is 19.9 Å². The van der Waals surface area contributed by atoms with Crippen LogP contribution < -0.4 is 4.18 Å². The van der Waals surface area contributed by atoms with Gasteiger partial charge in [0, 0.05) is 0 Å². The highest BCUT2D eigenvalue weighted by atomic mass is 32.2. The maximum absolute atomic E-state index is 12.6. The minimum Gasteiger partial charge on any atom is -0.465 e. The first kappa shape index (κ1) is 18.0. The van der Waals surface area contributed by atoms with Crippen molar-refractivity contribution in [2.75, 3.05) is 7.11 Å². The van der Waals surface area contributed by atoms with Crippen molar-refractivity contribution in [1.29, 1.82) is 0 Å². The molecule has 128 valence electrons. The van der Waals surface area contributed by atoms with Gasteiger partial charge in [-0.1, -0.05) is 32.0 Å². The number of carbonyl (C=O) groups is 1. The highest BCUT2D eigenvalue weighted by molar-refractivity contribution is 7.87. The number of rotatable bonds is 5. The third kappa shape index (κ3) is 3.94. The van der Waals surface area contributed by atoms with E-state index in [2.05, 4.69) is 4.74 Å². The lowest BCUT2D eigenvalue weighted by Crippen LogP contribution is -2.13. The summed E-state index contributed by atoms with van der Waals surface area (Å²) in [5.41, 5.74) is 1.62. The van der Waals surface area contributed by atoms with Crippen LogP contribution in [-0.4, -0.2) is 21.5 Å². The number of aryl methyl sites for hydroxylation is 1. The van der Waals surface area contributed by atoms with Gasteiger partial charge in [-0.25, -0.2) is 4.79 Å². The van der Waals surface area contributed by atoms with Gasteiger partial charge in [-0.3, -0.25) is 0 Å². The first-order valence-electron chi connectivity index (χ1n) is 7.48. The summed E-state index contributed by atoms with van der Waals surface area (Å²) >= 11 is 0. The van der Waals surface area contributed by atoms with Crippen molar-refractivity contribution in [3.8, 4) is 5.75 Å². The maximum atomic E-state index is 12.6. The second kappa shape index (κ2) is 7.05. The van der Waals surface area contributed by atoms with Crippen molar-refractivity contribution >= 4 is 16.1 Å². The molecule has 0 aliphatic carbocycles. The Kier molecular flexibility index (Phi) is 5.29. The Morgan fingerprint density at radius 1 is 1.08 bits per heavy atom. The van der Waals surface area contributed by atoms with Gasteiger partial charge >= 0.3 is 16.1 Å². The predicted octanol–water partition coefficient (Wildman–Crippen LogP) is 3.67. The number of ether oxygens (including phenoxy) is 1. The average Bonchev–Trinajstić information content (AvgIpc) is 2.54. The lowest BCUT2D eigenvalue weighted by Gasteiger charge is -2.12. The van der Waals surface area contributed by atoms with E-state index >= 15 is 0 Å². The van der Waals surface area contributed by atoms with Crippen LogP contribution in [0.2, 0.25) is 0 Å². The molecule has 2 rings (SSSR count). The van der Waals surface area contributed by atoms with E-state index in [-0.39, 0.29) is 22.1 Å². The summed E-state index contributed by atoms with van der Waals surface area (Å²) in [7, 11) is -2.82. The molecule has 24 heavy (non-hydrogen) atoms. The molecular formula is C18H20O5S. The number of hydrogen-bond donors (Lipinski definition) is 0. The van der Waals surface area contributed by atoms with Crippen LogP contribution in [0, 0.1) is 6.92 Å². The van der Waals surface area contributed by atoms with Gasteiger partial charge in [0.15, 0.2) is 0 Å². The molecule has 0 aliphatic heterocycles. The quantitative estimate of drug-likeness (QED) is 0.609. The van der Waals surface area contributed by atoms with Crippen LogP contribution in [0.25, 0.3) is 0 Å². The van der Waals surface area contributed by atoms with Crippen molar-refractivity contribution in [2.45, 2.75) is 31.6 Å². The summed E-state index contributed by atoms with van der Waals surface area (Å²) in [6, 6.07) is 11.3. The third-order valence-corrected chi connectivity index (χ3v) is 5.00. The van der Waals surface area contributed by atoms with Crippen molar-refractivity contribution in [2.24, 2.45) is 0 Å². The second-order valence-corrected chi connectivity index (χ2v) is 7.25. The van der Waals surface area contributed by atoms with Crippen molar-refractivity contribution in [3.05, 3.63) is 59.2 Å². The van der Waals surface area contributed by atoms with Crippen LogP contribution in [-0.2, 0) is 14.9 Å². The van der Waals surface area contributed by atoms with Gasteiger partial charge in [0.2, 0.25) is 0 Å². The zero-order valence-corrected chi connectivity index (χ0v) is 14.9. The van der Waals surface area contributed by atoms with E-state index < -0.39 is 16.1 Å². The largest absolute Gasteiger partial charge is 0.465 e. The molecule has 0 amide bonds. The number of carbonyl (C=O) groups excluding carboxylic acids is 1. The minimum absolute atomic E-state index is 0.0552. The lowest BCUT2D eigenvalue weighted by molar-refractivity contribution is 0.0600. The smallest absolute Gasteiger partial charge is 0.339 e. The standard InChI is InChI=1S/C18H20O5S/c1-12(2)14-6-5-7-16(10-14)23-24(20,21)17-11-15(18(19)22-4)9-8-13(17)3/h5-12H,1-4H3. The highest BCUT2D eigenvalue weighted by Gasteiger charge is 2.22. The van der Waals surface area contributed by atoms with Gasteiger partial charge in [0.25, 0.3) is 0 Å². The molecule has 0 fully saturated rings. The molecule has 2 aromatic rings. The normalized spacial score (nSPS) is 11.4. The number of benzene rings is 2. The second-order valence-electron chi connectivity index (χ2n) is 5.74. The Morgan fingerprint density at radius 2 is 1.79 bits per heavy atom. The maximum Gasteiger partial charge on any atom is 0.339 e. The molecule has 0 saturated carbocycles. The molecule has 2 aromatic carbocycles. The first-order valence-corrected chi connectivity index (χ1v) is 8.89. The summed E-state index contributed by atoms with van der Waals surface area (Å²) in [6.07, 6.45) is 0. The van der Waals surface area contributed by atoms with Crippen LogP contribution in [0.3, 0.4) is 0 Å². The molecule has 0 aromatic heterocycles. The summed E-state index contributed by atoms with van der Waals surface area (Å²) in [5, 5.41) is 0. The topological polar surface area (TPSA) is 69.7 Å². The van der Waals surface area contributed by atoms with Gasteiger partial charge in [-0.05, 0) is 48.2 Å². The SMILES string of the molecule is COC(=O)c1ccc(C)c(S(=O)(=O)Oc2cccc(C(C)C)c2)c1. The summed E-state index contributed by atoms with van der Waals surface area (Å²) < 4.78 is 35.1. The molecule has 0 atom stereocenters. The highest BCUT2D eigenvalue weighted by Crippen LogP contribution is 2.25. The van der Waals surface area contributed by atoms with Gasteiger partial charge in [0.05, 0.1) is 12.7 Å². The lowest BCUT2D eigenvalue weighted by atomic mass is 10.0. The molecule has 0 unspecified atom stereocenters. The van der Waals surface area contributed by atoms with Gasteiger partial charge in [-0.15, -0.1) is 0 Å². The summed E-state index contributed by atoms with van der Waals surface area (Å²) in [4.78, 5) is 11.6. The Morgan fingerprint density at radius 3 is 2.42 bits per heavy atom. The molecule has 0 radical (unpaired) electrons. The zero-order chi connectivity index (χ0) is 17.9. The van der Waals surface area contributed by atoms with E-state index in [4.69, 9.17) is 4.18 Å². The van der Waals surface area contributed by atoms with E-state index in [1.165, 1.54) is 19.2 Å². The predicted molar refractivity (Wildman–Crippen MR) is 90.9 cm³/mol. The van der Waals surface area contributed by atoms with E-state index in [9.17, 15) is 13.2 Å². The fraction of sp³-hybridized carbons (Fsp3) is 0.278. The molecule has 0 bridgehead atoms. The minimum atomic E-state index is -4.06. The monoisotopic (exact) mass is 348 g/mol. The van der Waals surface area contributed by atoms with E-state index in [1.54, 1.807) is 31.2 Å². The van der Waals surface area contributed by atoms with Crippen LogP contribution in [0.1, 0.15) is 41.3 Å². The van der Waals surface area contributed by atoms with Crippen molar-refractivity contribution in [3.63, 3.8) is 0 Å². The van der Waals surface area contributed by atoms with Crippen molar-refractivity contribution in [1.82, 2.24) is 0 Å². The van der Waals surface area contributed by atoms with E-state index in [0.717, 1.165) is 5.56 Å². The Labute approximate surface area is 142 Å². The zero-order valence-electron chi connectivity index (χ0n) is 14.1. The number of esters is 1. The van der Waals surface area contributed by atoms with Crippen LogP contribution in [0.5, 0.6) is 5.75 Å². The van der Waals surface area contributed by atoms with Gasteiger partial charge < -0.3 is 8.92 Å². The number of methoxy groups -OCH3 is 1. The third-order valence-electron chi connectivity index (χ3n) is 3.61. The molecule has 6 heteroatoms. The summed E-state index contributed by atoms with van der Waals surface area (Å²) in [5.74, 6) is -0.113. The molecule has 0 spiro atoms. The summed E-state index contributed by atoms with van der Waals surface area (Å²) in [6.45, 7) is 5.66. The molecule has 0 saturated heterocycles. The Balaban J connectivity index is 2.40.